The van der Waals surface area contributed by atoms with Crippen LogP contribution in [0.2, 0.25) is 0 Å². The molecule has 9 atom stereocenters. The molecular weight excluding hydrogens is 563 g/mol. The number of ketones is 1. The molecule has 9 heteroatoms. The van der Waals surface area contributed by atoms with Gasteiger partial charge in [0.25, 0.3) is 0 Å². The summed E-state index contributed by atoms with van der Waals surface area (Å²) in [5.41, 5.74) is -4.03. The van der Waals surface area contributed by atoms with E-state index in [1.54, 1.807) is 12.0 Å². The zero-order valence-corrected chi connectivity index (χ0v) is 25.6. The molecule has 5 aliphatic rings. The van der Waals surface area contributed by atoms with Crippen LogP contribution in [0.5, 0.6) is 0 Å². The molecule has 0 amide bonds. The molecule has 3 saturated carbocycles. The lowest BCUT2D eigenvalue weighted by Gasteiger charge is -2.63. The minimum atomic E-state index is -2.24. The van der Waals surface area contributed by atoms with Crippen molar-refractivity contribution in [2.75, 3.05) is 12.6 Å². The van der Waals surface area contributed by atoms with Crippen LogP contribution >= 0.6 is 11.8 Å². The number of hydrogen-bond donors (Lipinski definition) is 1. The lowest BCUT2D eigenvalue weighted by Crippen LogP contribution is -2.70. The second-order valence-electron chi connectivity index (χ2n) is 14.4. The lowest BCUT2D eigenvalue weighted by atomic mass is 9.44. The number of hydroxylamine groups is 2. The third-order valence-electron chi connectivity index (χ3n) is 11.3. The zero-order chi connectivity index (χ0) is 30.5. The van der Waals surface area contributed by atoms with Gasteiger partial charge in [0.1, 0.15) is 12.2 Å². The quantitative estimate of drug-likeness (QED) is 0.442. The minimum Gasteiger partial charge on any atom is -0.390 e. The van der Waals surface area contributed by atoms with Crippen molar-refractivity contribution in [3.8, 4) is 0 Å². The summed E-state index contributed by atoms with van der Waals surface area (Å²) in [4.78, 5) is 32.6. The molecule has 6 rings (SSSR count). The van der Waals surface area contributed by atoms with E-state index in [2.05, 4.69) is 32.9 Å². The Labute approximate surface area is 249 Å². The van der Waals surface area contributed by atoms with Crippen LogP contribution in [-0.2, 0) is 26.4 Å². The molecule has 0 radical (unpaired) electrons. The van der Waals surface area contributed by atoms with Crippen LogP contribution in [0.4, 0.5) is 13.2 Å². The number of aliphatic hydroxyl groups excluding tert-OH is 1. The zero-order valence-electron chi connectivity index (χ0n) is 24.8. The number of fused-ring (bicyclic) bond motifs is 7. The number of rotatable bonds is 4. The normalized spacial score (nSPS) is 42.9. The molecule has 1 N–H and O–H groups in total. The second kappa shape index (κ2) is 9.78. The first-order valence-corrected chi connectivity index (χ1v) is 15.8. The SMILES string of the molecule is CC(C)(C)c1ccc(CN2C[C@@H]3C[C@H]4[C@@H]5C[C@H](F)C6=CC(=O)C=C[C@]6(C)[C@@]5(F)[C@@H](O)C[C@]4(C)[C@]3(C(=O)SCF)O2)cc1. The average Bonchev–Trinajstić information content (AvgIpc) is 3.39. The Bertz CT molecular complexity index is 1360. The molecule has 5 nitrogen and oxygen atoms in total. The van der Waals surface area contributed by atoms with Crippen LogP contribution in [0.3, 0.4) is 0 Å². The van der Waals surface area contributed by atoms with Crippen molar-refractivity contribution in [1.82, 2.24) is 5.06 Å². The molecule has 4 aliphatic carbocycles. The number of thioether (sulfide) groups is 1. The highest BCUT2D eigenvalue weighted by Gasteiger charge is 2.79. The summed E-state index contributed by atoms with van der Waals surface area (Å²) >= 11 is 0.546. The maximum Gasteiger partial charge on any atom is 0.226 e. The van der Waals surface area contributed by atoms with Crippen LogP contribution in [0.25, 0.3) is 0 Å². The minimum absolute atomic E-state index is 0.00510. The molecule has 1 saturated heterocycles. The maximum absolute atomic E-state index is 17.5. The molecule has 0 aromatic heterocycles. The number of aliphatic hydroxyl groups is 1. The fourth-order valence-corrected chi connectivity index (χ4v) is 9.98. The van der Waals surface area contributed by atoms with E-state index in [-0.39, 0.29) is 29.7 Å². The van der Waals surface area contributed by atoms with E-state index < -0.39 is 63.1 Å². The average molecular weight is 604 g/mol. The van der Waals surface area contributed by atoms with Crippen molar-refractivity contribution in [3.05, 3.63) is 59.2 Å². The van der Waals surface area contributed by atoms with Crippen LogP contribution in [-0.4, -0.2) is 57.2 Å². The van der Waals surface area contributed by atoms with Crippen molar-refractivity contribution in [1.29, 1.82) is 0 Å². The fourth-order valence-electron chi connectivity index (χ4n) is 9.23. The van der Waals surface area contributed by atoms with Gasteiger partial charge in [-0.15, -0.1) is 0 Å². The maximum atomic E-state index is 17.5. The molecule has 4 fully saturated rings. The van der Waals surface area contributed by atoms with Crippen molar-refractivity contribution in [3.63, 3.8) is 0 Å². The molecule has 1 aliphatic heterocycles. The Morgan fingerprint density at radius 3 is 2.50 bits per heavy atom. The van der Waals surface area contributed by atoms with Crippen molar-refractivity contribution in [2.24, 2.45) is 28.6 Å². The van der Waals surface area contributed by atoms with Crippen molar-refractivity contribution < 1.29 is 32.7 Å². The van der Waals surface area contributed by atoms with Gasteiger partial charge in [-0.05, 0) is 66.4 Å². The molecule has 0 unspecified atom stereocenters. The van der Waals surface area contributed by atoms with Gasteiger partial charge in [-0.1, -0.05) is 69.8 Å². The summed E-state index contributed by atoms with van der Waals surface area (Å²) in [5.74, 6) is -2.19. The van der Waals surface area contributed by atoms with E-state index in [0.29, 0.717) is 31.3 Å². The van der Waals surface area contributed by atoms with Gasteiger partial charge in [0.2, 0.25) is 5.12 Å². The van der Waals surface area contributed by atoms with Gasteiger partial charge in [0.05, 0.1) is 6.10 Å². The first kappa shape index (κ1) is 30.1. The first-order chi connectivity index (χ1) is 19.6. The molecule has 1 heterocycles. The molecule has 228 valence electrons. The number of hydrogen-bond acceptors (Lipinski definition) is 6. The number of carbonyl (C=O) groups is 2. The third kappa shape index (κ3) is 3.95. The van der Waals surface area contributed by atoms with E-state index in [9.17, 15) is 19.1 Å². The molecule has 42 heavy (non-hydrogen) atoms. The number of allylic oxidation sites excluding steroid dienone is 4. The van der Waals surface area contributed by atoms with E-state index in [1.165, 1.54) is 23.8 Å². The number of nitrogens with zero attached hydrogens (tertiary/aromatic N) is 1. The molecule has 1 aromatic carbocycles. The highest BCUT2D eigenvalue weighted by Crippen LogP contribution is 2.73. The van der Waals surface area contributed by atoms with Gasteiger partial charge in [-0.25, -0.2) is 13.2 Å². The summed E-state index contributed by atoms with van der Waals surface area (Å²) in [6.07, 6.45) is 0.808. The highest BCUT2D eigenvalue weighted by atomic mass is 32.2. The monoisotopic (exact) mass is 603 g/mol. The first-order valence-electron chi connectivity index (χ1n) is 14.8. The van der Waals surface area contributed by atoms with E-state index >= 15 is 8.78 Å². The van der Waals surface area contributed by atoms with Crippen molar-refractivity contribution >= 4 is 22.7 Å². The molecule has 0 spiro atoms. The van der Waals surface area contributed by atoms with Gasteiger partial charge < -0.3 is 5.11 Å². The summed E-state index contributed by atoms with van der Waals surface area (Å²) in [5, 5.41) is 12.9. The Kier molecular flexibility index (Phi) is 7.01. The highest BCUT2D eigenvalue weighted by molar-refractivity contribution is 8.13. The summed E-state index contributed by atoms with van der Waals surface area (Å²) in [6.45, 7) is 10.6. The van der Waals surface area contributed by atoms with E-state index in [4.69, 9.17) is 4.84 Å². The third-order valence-corrected chi connectivity index (χ3v) is 12.0. The number of halogens is 3. The molecular formula is C33H40F3NO4S. The molecule has 1 aromatic rings. The standard InChI is InChI=1S/C33H40F3NO4S/c1-29(2,3)20-8-6-19(7-9-20)16-37-17-21-12-23-24-14-26(35)25-13-22(38)10-11-30(25,4)32(24,36)27(39)15-31(23,5)33(21,41-37)28(40)42-18-34/h6-11,13,21,23-24,26-27,39H,12,14-18H2,1-5H3/t21-,23-,24-,26-,27-,30-,31-,32-,33-/m0/s1. The van der Waals surface area contributed by atoms with Gasteiger partial charge in [0.15, 0.2) is 17.1 Å². The summed E-state index contributed by atoms with van der Waals surface area (Å²) in [7, 11) is 0. The van der Waals surface area contributed by atoms with E-state index in [1.807, 2.05) is 19.1 Å². The van der Waals surface area contributed by atoms with Crippen molar-refractivity contribution in [2.45, 2.75) is 89.4 Å². The molecule has 0 bridgehead atoms. The Hall–Kier alpha value is -1.94. The predicted molar refractivity (Wildman–Crippen MR) is 155 cm³/mol. The Morgan fingerprint density at radius 1 is 1.17 bits per heavy atom. The topological polar surface area (TPSA) is 66.8 Å². The van der Waals surface area contributed by atoms with Gasteiger partial charge >= 0.3 is 0 Å². The lowest BCUT2D eigenvalue weighted by molar-refractivity contribution is -0.266. The van der Waals surface area contributed by atoms with Crippen LogP contribution in [0.1, 0.15) is 65.0 Å². The Balaban J connectivity index is 1.35. The van der Waals surface area contributed by atoms with E-state index in [0.717, 1.165) is 5.56 Å². The largest absolute Gasteiger partial charge is 0.390 e. The van der Waals surface area contributed by atoms with Gasteiger partial charge in [-0.2, -0.15) is 5.06 Å². The van der Waals surface area contributed by atoms with Crippen LogP contribution in [0.15, 0.2) is 48.1 Å². The van der Waals surface area contributed by atoms with Crippen LogP contribution < -0.4 is 0 Å². The Morgan fingerprint density at radius 2 is 1.86 bits per heavy atom. The predicted octanol–water partition coefficient (Wildman–Crippen LogP) is 6.20. The van der Waals surface area contributed by atoms with Crippen LogP contribution in [0, 0.1) is 28.6 Å². The second-order valence-corrected chi connectivity index (χ2v) is 15.3. The summed E-state index contributed by atoms with van der Waals surface area (Å²) in [6, 6.07) is 7.30. The summed E-state index contributed by atoms with van der Waals surface area (Å²) < 4.78 is 47.0. The number of alkyl halides is 3. The number of carbonyl (C=O) groups excluding carboxylic acids is 2. The van der Waals surface area contributed by atoms with Gasteiger partial charge in [0, 0.05) is 35.8 Å². The van der Waals surface area contributed by atoms with Gasteiger partial charge in [-0.3, -0.25) is 14.4 Å². The number of benzene rings is 1. The smallest absolute Gasteiger partial charge is 0.226 e. The fraction of sp³-hybridized carbons (Fsp3) is 0.636.